The van der Waals surface area contributed by atoms with Crippen molar-refractivity contribution in [1.82, 2.24) is 0 Å². The summed E-state index contributed by atoms with van der Waals surface area (Å²) in [5.41, 5.74) is 7.06. The fraction of sp³-hybridized carbons (Fsp3) is 0.143. The second kappa shape index (κ2) is 3.36. The van der Waals surface area contributed by atoms with Crippen LogP contribution in [0.25, 0.3) is 0 Å². The Morgan fingerprint density at radius 2 is 2.08 bits per heavy atom. The van der Waals surface area contributed by atoms with Crippen LogP contribution in [0.15, 0.2) is 22.6 Å². The molecule has 0 aliphatic rings. The highest BCUT2D eigenvalue weighted by Crippen LogP contribution is 2.22. The average Bonchev–Trinajstić information content (AvgIpc) is 1.96. The zero-order valence-electron chi connectivity index (χ0n) is 6.48. The predicted molar refractivity (Wildman–Crippen MR) is 46.6 cm³/mol. The van der Waals surface area contributed by atoms with Crippen molar-refractivity contribution in [3.8, 4) is 0 Å². The Labute approximate surface area is 71.7 Å². The molecule has 1 aromatic carbocycles. The summed E-state index contributed by atoms with van der Waals surface area (Å²) in [6.07, 6.45) is 0. The Balaban J connectivity index is 3.32. The van der Waals surface area contributed by atoms with E-state index in [2.05, 4.69) is 4.36 Å². The van der Waals surface area contributed by atoms with Crippen LogP contribution in [0.1, 0.15) is 5.56 Å². The molecule has 0 amide bonds. The van der Waals surface area contributed by atoms with Gasteiger partial charge in [-0.3, -0.25) is 0 Å². The number of benzene rings is 1. The molecular formula is C7H8N2O2S. The normalized spacial score (nSPS) is 9.42. The first kappa shape index (κ1) is 8.73. The van der Waals surface area contributed by atoms with E-state index in [0.29, 0.717) is 11.4 Å². The van der Waals surface area contributed by atoms with Crippen LogP contribution in [0.3, 0.4) is 0 Å². The molecule has 0 aliphatic heterocycles. The van der Waals surface area contributed by atoms with Gasteiger partial charge in [0.1, 0.15) is 5.69 Å². The number of nitrogen functional groups attached to an aromatic ring is 1. The molecule has 0 radical (unpaired) electrons. The van der Waals surface area contributed by atoms with Crippen LogP contribution in [0.2, 0.25) is 0 Å². The van der Waals surface area contributed by atoms with Crippen molar-refractivity contribution in [2.75, 3.05) is 5.73 Å². The number of aryl methyl sites for hydroxylation is 1. The number of anilines is 1. The molecule has 4 nitrogen and oxygen atoms in total. The highest BCUT2D eigenvalue weighted by atomic mass is 32.2. The summed E-state index contributed by atoms with van der Waals surface area (Å²) in [5, 5.41) is 0. The molecule has 0 bridgehead atoms. The number of nitrogens with two attached hydrogens (primary N) is 1. The number of hydrogen-bond acceptors (Lipinski definition) is 4. The first-order valence-corrected chi connectivity index (χ1v) is 4.30. The maximum absolute atomic E-state index is 10.2. The van der Waals surface area contributed by atoms with Gasteiger partial charge in [-0.1, -0.05) is 6.07 Å². The summed E-state index contributed by atoms with van der Waals surface area (Å²) in [7, 11) is -2.44. The zero-order valence-corrected chi connectivity index (χ0v) is 7.30. The number of rotatable bonds is 1. The fourth-order valence-corrected chi connectivity index (χ4v) is 1.13. The van der Waals surface area contributed by atoms with Gasteiger partial charge >= 0.3 is 10.5 Å². The topological polar surface area (TPSA) is 72.5 Å². The lowest BCUT2D eigenvalue weighted by Gasteiger charge is -1.97. The van der Waals surface area contributed by atoms with Crippen LogP contribution in [-0.4, -0.2) is 8.42 Å². The minimum Gasteiger partial charge on any atom is -0.397 e. The zero-order chi connectivity index (χ0) is 9.14. The highest BCUT2D eigenvalue weighted by Gasteiger charge is 1.96. The van der Waals surface area contributed by atoms with E-state index in [1.807, 2.05) is 6.92 Å². The molecule has 0 heterocycles. The molecule has 5 heteroatoms. The van der Waals surface area contributed by atoms with Crippen LogP contribution in [-0.2, 0) is 10.5 Å². The summed E-state index contributed by atoms with van der Waals surface area (Å²) in [6, 6.07) is 5.04. The van der Waals surface area contributed by atoms with Crippen LogP contribution in [0.4, 0.5) is 11.4 Å². The maximum Gasteiger partial charge on any atom is 0.316 e. The number of nitrogens with zero attached hydrogens (tertiary/aromatic N) is 1. The molecule has 0 fully saturated rings. The SMILES string of the molecule is Cc1ccc(N)c(N=S(=O)=O)c1. The van der Waals surface area contributed by atoms with Crippen molar-refractivity contribution >= 4 is 21.9 Å². The Bertz CT molecular complexity index is 415. The third-order valence-electron chi connectivity index (χ3n) is 1.36. The Morgan fingerprint density at radius 3 is 2.67 bits per heavy atom. The van der Waals surface area contributed by atoms with Crippen LogP contribution in [0, 0.1) is 6.92 Å². The van der Waals surface area contributed by atoms with Crippen molar-refractivity contribution in [2.24, 2.45) is 4.36 Å². The van der Waals surface area contributed by atoms with E-state index in [-0.39, 0.29) is 0 Å². The molecule has 0 aromatic heterocycles. The van der Waals surface area contributed by atoms with E-state index in [1.165, 1.54) is 0 Å². The summed E-state index contributed by atoms with van der Waals surface area (Å²) < 4.78 is 23.7. The van der Waals surface area contributed by atoms with Crippen molar-refractivity contribution < 1.29 is 8.42 Å². The second-order valence-electron chi connectivity index (χ2n) is 2.37. The lowest BCUT2D eigenvalue weighted by molar-refractivity contribution is 0.622. The molecule has 0 spiro atoms. The van der Waals surface area contributed by atoms with Crippen LogP contribution < -0.4 is 5.73 Å². The van der Waals surface area contributed by atoms with Crippen molar-refractivity contribution in [3.05, 3.63) is 23.8 Å². The van der Waals surface area contributed by atoms with Gasteiger partial charge in [0.2, 0.25) is 0 Å². The Morgan fingerprint density at radius 1 is 1.42 bits per heavy atom. The van der Waals surface area contributed by atoms with Gasteiger partial charge in [-0.15, -0.1) is 4.36 Å². The smallest absolute Gasteiger partial charge is 0.316 e. The summed E-state index contributed by atoms with van der Waals surface area (Å²) >= 11 is 0. The highest BCUT2D eigenvalue weighted by molar-refractivity contribution is 7.61. The predicted octanol–water partition coefficient (Wildman–Crippen LogP) is 1.27. The van der Waals surface area contributed by atoms with E-state index in [4.69, 9.17) is 5.73 Å². The molecule has 2 N–H and O–H groups in total. The minimum atomic E-state index is -2.44. The largest absolute Gasteiger partial charge is 0.397 e. The quantitative estimate of drug-likeness (QED) is 0.668. The fourth-order valence-electron chi connectivity index (χ4n) is 0.813. The average molecular weight is 184 g/mol. The molecule has 0 unspecified atom stereocenters. The van der Waals surface area contributed by atoms with E-state index < -0.39 is 10.5 Å². The van der Waals surface area contributed by atoms with Gasteiger partial charge in [0.15, 0.2) is 0 Å². The Hall–Kier alpha value is -1.36. The van der Waals surface area contributed by atoms with Gasteiger partial charge in [0.05, 0.1) is 5.69 Å². The van der Waals surface area contributed by atoms with Gasteiger partial charge < -0.3 is 5.73 Å². The third-order valence-corrected chi connectivity index (χ3v) is 1.70. The molecule has 0 atom stereocenters. The molecule has 0 saturated carbocycles. The first-order chi connectivity index (χ1) is 5.59. The Kier molecular flexibility index (Phi) is 2.44. The second-order valence-corrected chi connectivity index (χ2v) is 2.99. The minimum absolute atomic E-state index is 0.295. The molecule has 12 heavy (non-hydrogen) atoms. The first-order valence-electron chi connectivity index (χ1n) is 3.27. The summed E-state index contributed by atoms with van der Waals surface area (Å²) in [6.45, 7) is 1.84. The lowest BCUT2D eigenvalue weighted by atomic mass is 10.2. The molecule has 64 valence electrons. The van der Waals surface area contributed by atoms with Gasteiger partial charge in [-0.2, -0.15) is 8.42 Å². The summed E-state index contributed by atoms with van der Waals surface area (Å²) in [4.78, 5) is 0. The molecular weight excluding hydrogens is 176 g/mol. The van der Waals surface area contributed by atoms with E-state index >= 15 is 0 Å². The van der Waals surface area contributed by atoms with Gasteiger partial charge in [-0.05, 0) is 24.6 Å². The monoisotopic (exact) mass is 184 g/mol. The molecule has 1 rings (SSSR count). The third kappa shape index (κ3) is 2.06. The summed E-state index contributed by atoms with van der Waals surface area (Å²) in [5.74, 6) is 0. The van der Waals surface area contributed by atoms with E-state index in [9.17, 15) is 8.42 Å². The van der Waals surface area contributed by atoms with Crippen LogP contribution >= 0.6 is 0 Å². The van der Waals surface area contributed by atoms with Gasteiger partial charge in [-0.25, -0.2) is 0 Å². The molecule has 0 aliphatic carbocycles. The lowest BCUT2D eigenvalue weighted by Crippen LogP contribution is -1.85. The standard InChI is InChI=1S/C7H8N2O2S/c1-5-2-3-6(8)7(4-5)9-12(10)11/h2-4H,8H2,1H3. The van der Waals surface area contributed by atoms with Crippen LogP contribution in [0.5, 0.6) is 0 Å². The van der Waals surface area contributed by atoms with Gasteiger partial charge in [0, 0.05) is 0 Å². The molecule has 1 aromatic rings. The van der Waals surface area contributed by atoms with Crippen molar-refractivity contribution in [2.45, 2.75) is 6.92 Å². The van der Waals surface area contributed by atoms with Crippen molar-refractivity contribution in [1.29, 1.82) is 0 Å². The van der Waals surface area contributed by atoms with E-state index in [0.717, 1.165) is 5.56 Å². The van der Waals surface area contributed by atoms with Gasteiger partial charge in [0.25, 0.3) is 0 Å². The maximum atomic E-state index is 10.2. The number of hydrogen-bond donors (Lipinski definition) is 1. The van der Waals surface area contributed by atoms with E-state index in [1.54, 1.807) is 18.2 Å². The molecule has 0 saturated heterocycles. The van der Waals surface area contributed by atoms with Crippen molar-refractivity contribution in [3.63, 3.8) is 0 Å².